The van der Waals surface area contributed by atoms with Crippen LogP contribution in [0.5, 0.6) is 5.75 Å². The van der Waals surface area contributed by atoms with E-state index in [1.165, 1.54) is 0 Å². The van der Waals surface area contributed by atoms with Gasteiger partial charge in [0, 0.05) is 11.8 Å². The minimum atomic E-state index is -0.128. The number of rotatable bonds is 4. The summed E-state index contributed by atoms with van der Waals surface area (Å²) in [7, 11) is 1.65. The summed E-state index contributed by atoms with van der Waals surface area (Å²) in [6.45, 7) is 8.01. The Morgan fingerprint density at radius 2 is 1.57 bits per heavy atom. The van der Waals surface area contributed by atoms with Gasteiger partial charge < -0.3 is 10.1 Å². The summed E-state index contributed by atoms with van der Waals surface area (Å²) < 4.78 is 5.26. The zero-order valence-corrected chi connectivity index (χ0v) is 14.4. The van der Waals surface area contributed by atoms with Crippen LogP contribution in [0.1, 0.15) is 27.8 Å². The number of amides is 1. The molecule has 0 aromatic heterocycles. The summed E-state index contributed by atoms with van der Waals surface area (Å²) in [6, 6.07) is 9.90. The van der Waals surface area contributed by atoms with Crippen molar-refractivity contribution in [2.45, 2.75) is 27.7 Å². The van der Waals surface area contributed by atoms with Crippen LogP contribution < -0.4 is 10.1 Å². The first-order chi connectivity index (χ1) is 10.9. The highest BCUT2D eigenvalue weighted by Gasteiger charge is 2.06. The van der Waals surface area contributed by atoms with Crippen molar-refractivity contribution in [2.24, 2.45) is 0 Å². The summed E-state index contributed by atoms with van der Waals surface area (Å²) >= 11 is 0. The average Bonchev–Trinajstić information content (AvgIpc) is 2.50. The van der Waals surface area contributed by atoms with Crippen molar-refractivity contribution in [3.05, 3.63) is 64.2 Å². The average molecular weight is 309 g/mol. The molecular weight excluding hydrogens is 286 g/mol. The van der Waals surface area contributed by atoms with Crippen LogP contribution in [0.15, 0.2) is 36.4 Å². The Balaban J connectivity index is 2.19. The van der Waals surface area contributed by atoms with E-state index in [9.17, 15) is 4.79 Å². The molecule has 0 saturated heterocycles. The van der Waals surface area contributed by atoms with E-state index >= 15 is 0 Å². The van der Waals surface area contributed by atoms with Crippen LogP contribution in [-0.4, -0.2) is 13.0 Å². The van der Waals surface area contributed by atoms with Crippen molar-refractivity contribution >= 4 is 17.7 Å². The molecule has 0 fully saturated rings. The highest BCUT2D eigenvalue weighted by Crippen LogP contribution is 2.23. The topological polar surface area (TPSA) is 38.3 Å². The Morgan fingerprint density at radius 1 is 1.00 bits per heavy atom. The fraction of sp³-hybridized carbons (Fsp3) is 0.250. The Bertz CT molecular complexity index is 717. The first-order valence-electron chi connectivity index (χ1n) is 7.63. The third kappa shape index (κ3) is 4.01. The zero-order valence-electron chi connectivity index (χ0n) is 14.4. The van der Waals surface area contributed by atoms with E-state index in [1.807, 2.05) is 64.1 Å². The highest BCUT2D eigenvalue weighted by atomic mass is 16.5. The normalized spacial score (nSPS) is 10.8. The number of aryl methyl sites for hydroxylation is 4. The molecule has 0 atom stereocenters. The number of carbonyl (C=O) groups excluding carboxylic acids is 1. The quantitative estimate of drug-likeness (QED) is 0.839. The van der Waals surface area contributed by atoms with Crippen LogP contribution in [0.2, 0.25) is 0 Å². The minimum Gasteiger partial charge on any atom is -0.497 e. The zero-order chi connectivity index (χ0) is 17.0. The fourth-order valence-electron chi connectivity index (χ4n) is 2.65. The summed E-state index contributed by atoms with van der Waals surface area (Å²) in [6.07, 6.45) is 3.43. The van der Waals surface area contributed by atoms with Crippen LogP contribution in [-0.2, 0) is 4.79 Å². The molecule has 120 valence electrons. The number of ether oxygens (including phenoxy) is 1. The van der Waals surface area contributed by atoms with Gasteiger partial charge in [-0.1, -0.05) is 18.2 Å². The molecule has 23 heavy (non-hydrogen) atoms. The highest BCUT2D eigenvalue weighted by molar-refractivity contribution is 6.03. The Labute approximate surface area is 138 Å². The maximum atomic E-state index is 12.2. The third-order valence-corrected chi connectivity index (χ3v) is 3.93. The predicted molar refractivity (Wildman–Crippen MR) is 96.0 cm³/mol. The van der Waals surface area contributed by atoms with E-state index in [4.69, 9.17) is 4.74 Å². The van der Waals surface area contributed by atoms with E-state index in [0.29, 0.717) is 0 Å². The number of hydrogen-bond donors (Lipinski definition) is 1. The number of hydrogen-bond acceptors (Lipinski definition) is 2. The molecule has 2 aromatic carbocycles. The van der Waals surface area contributed by atoms with Gasteiger partial charge in [-0.3, -0.25) is 4.79 Å². The third-order valence-electron chi connectivity index (χ3n) is 3.93. The molecule has 1 amide bonds. The molecule has 0 aliphatic carbocycles. The summed E-state index contributed by atoms with van der Waals surface area (Å²) in [5.74, 6) is 0.703. The Kier molecular flexibility index (Phi) is 5.22. The van der Waals surface area contributed by atoms with Crippen LogP contribution in [0, 0.1) is 27.7 Å². The number of carbonyl (C=O) groups is 1. The largest absolute Gasteiger partial charge is 0.497 e. The molecular formula is C20H23NO2. The molecule has 0 radical (unpaired) electrons. The van der Waals surface area contributed by atoms with Gasteiger partial charge in [0.1, 0.15) is 5.75 Å². The maximum Gasteiger partial charge on any atom is 0.248 e. The molecule has 0 aliphatic rings. The molecule has 0 aliphatic heterocycles. The van der Waals surface area contributed by atoms with Gasteiger partial charge in [-0.25, -0.2) is 0 Å². The second kappa shape index (κ2) is 7.14. The summed E-state index contributed by atoms with van der Waals surface area (Å²) in [4.78, 5) is 12.2. The number of para-hydroxylation sites is 1. The van der Waals surface area contributed by atoms with E-state index in [-0.39, 0.29) is 5.91 Å². The van der Waals surface area contributed by atoms with Gasteiger partial charge in [0.25, 0.3) is 0 Å². The molecule has 2 aromatic rings. The second-order valence-corrected chi connectivity index (χ2v) is 5.76. The molecule has 1 N–H and O–H groups in total. The van der Waals surface area contributed by atoms with Gasteiger partial charge in [0.15, 0.2) is 0 Å². The van der Waals surface area contributed by atoms with Crippen molar-refractivity contribution in [2.75, 3.05) is 12.4 Å². The smallest absolute Gasteiger partial charge is 0.248 e. The van der Waals surface area contributed by atoms with E-state index in [0.717, 1.165) is 39.3 Å². The van der Waals surface area contributed by atoms with Crippen LogP contribution in [0.25, 0.3) is 6.08 Å². The number of methoxy groups -OCH3 is 1. The Morgan fingerprint density at radius 3 is 2.09 bits per heavy atom. The van der Waals surface area contributed by atoms with E-state index in [1.54, 1.807) is 13.2 Å². The van der Waals surface area contributed by atoms with Crippen LogP contribution in [0.4, 0.5) is 5.69 Å². The molecule has 0 spiro atoms. The van der Waals surface area contributed by atoms with Gasteiger partial charge in [-0.05, 0) is 73.7 Å². The molecule has 2 rings (SSSR count). The molecule has 0 bridgehead atoms. The monoisotopic (exact) mass is 309 g/mol. The molecule has 3 heteroatoms. The first-order valence-corrected chi connectivity index (χ1v) is 7.63. The number of nitrogens with one attached hydrogen (secondary N) is 1. The molecule has 0 unspecified atom stereocenters. The maximum absolute atomic E-state index is 12.2. The van der Waals surface area contributed by atoms with Crippen molar-refractivity contribution in [1.82, 2.24) is 0 Å². The Hall–Kier alpha value is -2.55. The lowest BCUT2D eigenvalue weighted by atomic mass is 10.0. The van der Waals surface area contributed by atoms with Crippen molar-refractivity contribution < 1.29 is 9.53 Å². The minimum absolute atomic E-state index is 0.128. The second-order valence-electron chi connectivity index (χ2n) is 5.76. The lowest BCUT2D eigenvalue weighted by Crippen LogP contribution is -2.10. The van der Waals surface area contributed by atoms with E-state index in [2.05, 4.69) is 5.32 Å². The van der Waals surface area contributed by atoms with E-state index < -0.39 is 0 Å². The lowest BCUT2D eigenvalue weighted by Gasteiger charge is -2.10. The van der Waals surface area contributed by atoms with Crippen LogP contribution in [0.3, 0.4) is 0 Å². The molecule has 0 saturated carbocycles. The van der Waals surface area contributed by atoms with Crippen molar-refractivity contribution in [3.63, 3.8) is 0 Å². The van der Waals surface area contributed by atoms with Gasteiger partial charge >= 0.3 is 0 Å². The molecule has 3 nitrogen and oxygen atoms in total. The fourth-order valence-corrected chi connectivity index (χ4v) is 2.65. The number of anilines is 1. The SMILES string of the molecule is COc1cc(C)c(/C=C/C(=O)Nc2c(C)cccc2C)c(C)c1. The summed E-state index contributed by atoms with van der Waals surface area (Å²) in [5, 5.41) is 2.96. The van der Waals surface area contributed by atoms with Gasteiger partial charge in [-0.2, -0.15) is 0 Å². The summed E-state index contributed by atoms with van der Waals surface area (Å²) in [5.41, 5.74) is 6.20. The van der Waals surface area contributed by atoms with Gasteiger partial charge in [0.2, 0.25) is 5.91 Å². The first kappa shape index (κ1) is 16.8. The molecule has 0 heterocycles. The lowest BCUT2D eigenvalue weighted by molar-refractivity contribution is -0.111. The van der Waals surface area contributed by atoms with Crippen molar-refractivity contribution in [1.29, 1.82) is 0 Å². The van der Waals surface area contributed by atoms with Gasteiger partial charge in [0.05, 0.1) is 7.11 Å². The van der Waals surface area contributed by atoms with Crippen molar-refractivity contribution in [3.8, 4) is 5.75 Å². The van der Waals surface area contributed by atoms with Gasteiger partial charge in [-0.15, -0.1) is 0 Å². The standard InChI is InChI=1S/C20H23NO2/c1-13-7-6-8-14(2)20(13)21-19(22)10-9-18-15(3)11-17(23-5)12-16(18)4/h6-12H,1-5H3,(H,21,22)/b10-9+. The number of benzene rings is 2. The van der Waals surface area contributed by atoms with Crippen LogP contribution >= 0.6 is 0 Å². The predicted octanol–water partition coefficient (Wildman–Crippen LogP) is 4.58.